The largest absolute Gasteiger partial charge is 0.452 e. The molecular formula is C24H18N2O3S. The lowest BCUT2D eigenvalue weighted by Gasteiger charge is -2.37. The molecule has 3 aromatic rings. The summed E-state index contributed by atoms with van der Waals surface area (Å²) in [6.45, 7) is -0.360. The Morgan fingerprint density at radius 1 is 1.00 bits per heavy atom. The van der Waals surface area contributed by atoms with Crippen molar-refractivity contribution in [1.29, 1.82) is 5.26 Å². The van der Waals surface area contributed by atoms with Crippen LogP contribution in [-0.4, -0.2) is 24.2 Å². The third-order valence-corrected chi connectivity index (χ3v) is 6.00. The van der Waals surface area contributed by atoms with E-state index in [9.17, 15) is 9.59 Å². The van der Waals surface area contributed by atoms with Crippen LogP contribution in [0, 0.1) is 11.3 Å². The fraction of sp³-hybridized carbons (Fsp3) is 0.125. The molecule has 0 N–H and O–H groups in total. The summed E-state index contributed by atoms with van der Waals surface area (Å²) in [6.07, 6.45) is 0. The highest BCUT2D eigenvalue weighted by molar-refractivity contribution is 7.99. The topological polar surface area (TPSA) is 70.4 Å². The average Bonchev–Trinajstić information content (AvgIpc) is 2.82. The van der Waals surface area contributed by atoms with Crippen molar-refractivity contribution in [2.75, 3.05) is 17.3 Å². The number of esters is 1. The zero-order valence-electron chi connectivity index (χ0n) is 16.0. The highest BCUT2D eigenvalue weighted by Gasteiger charge is 2.32. The second kappa shape index (κ2) is 8.85. The van der Waals surface area contributed by atoms with Crippen LogP contribution in [0.1, 0.15) is 27.5 Å². The molecule has 1 heterocycles. The molecule has 5 nitrogen and oxygen atoms in total. The molecule has 0 saturated carbocycles. The van der Waals surface area contributed by atoms with Gasteiger partial charge in [0.15, 0.2) is 6.61 Å². The Morgan fingerprint density at radius 2 is 1.70 bits per heavy atom. The summed E-state index contributed by atoms with van der Waals surface area (Å²) in [6, 6.07) is 25.6. The number of para-hydroxylation sites is 1. The number of thioether (sulfide) groups is 1. The van der Waals surface area contributed by atoms with Crippen molar-refractivity contribution >= 4 is 29.3 Å². The van der Waals surface area contributed by atoms with Gasteiger partial charge in [0, 0.05) is 10.6 Å². The quantitative estimate of drug-likeness (QED) is 0.584. The molecule has 0 unspecified atom stereocenters. The first-order valence-electron chi connectivity index (χ1n) is 9.43. The predicted molar refractivity (Wildman–Crippen MR) is 115 cm³/mol. The van der Waals surface area contributed by atoms with Crippen molar-refractivity contribution in [3.63, 3.8) is 0 Å². The molecule has 4 rings (SSSR count). The van der Waals surface area contributed by atoms with E-state index in [2.05, 4.69) is 0 Å². The van der Waals surface area contributed by atoms with Gasteiger partial charge in [0.05, 0.1) is 28.9 Å². The van der Waals surface area contributed by atoms with Crippen LogP contribution in [0.2, 0.25) is 0 Å². The monoisotopic (exact) mass is 414 g/mol. The van der Waals surface area contributed by atoms with Gasteiger partial charge in [-0.15, -0.1) is 11.8 Å². The maximum Gasteiger partial charge on any atom is 0.338 e. The number of amides is 1. The molecule has 0 spiro atoms. The van der Waals surface area contributed by atoms with Gasteiger partial charge in [-0.25, -0.2) is 4.79 Å². The molecule has 3 aromatic carbocycles. The highest BCUT2D eigenvalue weighted by Crippen LogP contribution is 2.43. The van der Waals surface area contributed by atoms with Crippen molar-refractivity contribution in [1.82, 2.24) is 0 Å². The maximum absolute atomic E-state index is 13.2. The number of nitriles is 1. The lowest BCUT2D eigenvalue weighted by molar-refractivity contribution is -0.122. The summed E-state index contributed by atoms with van der Waals surface area (Å²) in [5.41, 5.74) is 2.61. The Morgan fingerprint density at radius 3 is 2.43 bits per heavy atom. The van der Waals surface area contributed by atoms with Gasteiger partial charge in [-0.3, -0.25) is 9.69 Å². The SMILES string of the molecule is N#Cc1ccc(C(=O)OCC(=O)N2c3ccccc3SC[C@H]2c2ccccc2)cc1. The van der Waals surface area contributed by atoms with E-state index in [1.54, 1.807) is 28.8 Å². The number of ether oxygens (including phenoxy) is 1. The molecule has 0 aliphatic carbocycles. The van der Waals surface area contributed by atoms with E-state index in [1.165, 1.54) is 12.1 Å². The second-order valence-corrected chi connectivity index (χ2v) is 7.80. The van der Waals surface area contributed by atoms with Crippen molar-refractivity contribution in [3.8, 4) is 6.07 Å². The van der Waals surface area contributed by atoms with Crippen molar-refractivity contribution in [3.05, 3.63) is 95.6 Å². The number of fused-ring (bicyclic) bond motifs is 1. The number of carbonyl (C=O) groups is 2. The third-order valence-electron chi connectivity index (χ3n) is 4.86. The van der Waals surface area contributed by atoms with E-state index in [1.807, 2.05) is 60.7 Å². The van der Waals surface area contributed by atoms with Gasteiger partial charge in [-0.1, -0.05) is 42.5 Å². The Labute approximate surface area is 178 Å². The van der Waals surface area contributed by atoms with E-state index in [0.29, 0.717) is 11.1 Å². The van der Waals surface area contributed by atoms with Gasteiger partial charge in [0.25, 0.3) is 5.91 Å². The number of carbonyl (C=O) groups excluding carboxylic acids is 2. The Bertz CT molecular complexity index is 1110. The average molecular weight is 414 g/mol. The van der Waals surface area contributed by atoms with E-state index in [4.69, 9.17) is 10.00 Å². The zero-order chi connectivity index (χ0) is 20.9. The van der Waals surface area contributed by atoms with Gasteiger partial charge in [-0.2, -0.15) is 5.26 Å². The first-order chi connectivity index (χ1) is 14.7. The summed E-state index contributed by atoms with van der Waals surface area (Å²) in [7, 11) is 0. The minimum atomic E-state index is -0.594. The lowest BCUT2D eigenvalue weighted by atomic mass is 10.1. The fourth-order valence-corrected chi connectivity index (χ4v) is 4.55. The molecule has 1 amide bonds. The van der Waals surface area contributed by atoms with Crippen LogP contribution in [0.5, 0.6) is 0 Å². The molecule has 1 aliphatic rings. The van der Waals surface area contributed by atoms with Crippen molar-refractivity contribution in [2.24, 2.45) is 0 Å². The molecule has 0 saturated heterocycles. The maximum atomic E-state index is 13.2. The van der Waals surface area contributed by atoms with Crippen LogP contribution >= 0.6 is 11.8 Å². The minimum Gasteiger partial charge on any atom is -0.452 e. The molecule has 6 heteroatoms. The van der Waals surface area contributed by atoms with Gasteiger partial charge in [-0.05, 0) is 42.0 Å². The number of hydrogen-bond acceptors (Lipinski definition) is 5. The first-order valence-corrected chi connectivity index (χ1v) is 10.4. The van der Waals surface area contributed by atoms with Gasteiger partial charge >= 0.3 is 5.97 Å². The van der Waals surface area contributed by atoms with Crippen LogP contribution in [0.25, 0.3) is 0 Å². The Hall–Kier alpha value is -3.56. The van der Waals surface area contributed by atoms with E-state index < -0.39 is 5.97 Å². The summed E-state index contributed by atoms with van der Waals surface area (Å²) in [5, 5.41) is 8.87. The summed E-state index contributed by atoms with van der Waals surface area (Å²) < 4.78 is 5.30. The molecule has 148 valence electrons. The molecule has 0 bridgehead atoms. The third kappa shape index (κ3) is 4.07. The van der Waals surface area contributed by atoms with Crippen LogP contribution < -0.4 is 4.90 Å². The summed E-state index contributed by atoms with van der Waals surface area (Å²) >= 11 is 1.71. The van der Waals surface area contributed by atoms with Crippen LogP contribution in [0.15, 0.2) is 83.8 Å². The predicted octanol–water partition coefficient (Wildman–Crippen LogP) is 4.60. The summed E-state index contributed by atoms with van der Waals surface area (Å²) in [5.74, 6) is -0.154. The first kappa shape index (κ1) is 19.7. The van der Waals surface area contributed by atoms with Crippen LogP contribution in [0.4, 0.5) is 5.69 Å². The minimum absolute atomic E-state index is 0.146. The molecule has 0 radical (unpaired) electrons. The second-order valence-electron chi connectivity index (χ2n) is 6.73. The molecule has 1 aliphatic heterocycles. The van der Waals surface area contributed by atoms with Crippen molar-refractivity contribution < 1.29 is 14.3 Å². The number of rotatable bonds is 4. The van der Waals surface area contributed by atoms with Gasteiger partial charge in [0.2, 0.25) is 0 Å². The Kier molecular flexibility index (Phi) is 5.82. The molecular weight excluding hydrogens is 396 g/mol. The van der Waals surface area contributed by atoms with Crippen LogP contribution in [-0.2, 0) is 9.53 Å². The number of hydrogen-bond donors (Lipinski definition) is 0. The van der Waals surface area contributed by atoms with E-state index in [0.717, 1.165) is 21.9 Å². The number of nitrogens with zero attached hydrogens (tertiary/aromatic N) is 2. The molecule has 0 fully saturated rings. The van der Waals surface area contributed by atoms with E-state index in [-0.39, 0.29) is 18.6 Å². The van der Waals surface area contributed by atoms with E-state index >= 15 is 0 Å². The van der Waals surface area contributed by atoms with Gasteiger partial charge in [0.1, 0.15) is 0 Å². The Balaban J connectivity index is 1.55. The number of anilines is 1. The summed E-state index contributed by atoms with van der Waals surface area (Å²) in [4.78, 5) is 28.3. The van der Waals surface area contributed by atoms with Crippen molar-refractivity contribution in [2.45, 2.75) is 10.9 Å². The lowest BCUT2D eigenvalue weighted by Crippen LogP contribution is -2.41. The van der Waals surface area contributed by atoms with Crippen LogP contribution in [0.3, 0.4) is 0 Å². The molecule has 0 aromatic heterocycles. The fourth-order valence-electron chi connectivity index (χ4n) is 3.38. The number of benzene rings is 3. The smallest absolute Gasteiger partial charge is 0.338 e. The molecule has 30 heavy (non-hydrogen) atoms. The molecule has 1 atom stereocenters. The zero-order valence-corrected chi connectivity index (χ0v) is 16.8. The highest BCUT2D eigenvalue weighted by atomic mass is 32.2. The normalized spacial score (nSPS) is 15.0. The van der Waals surface area contributed by atoms with Gasteiger partial charge < -0.3 is 4.74 Å². The standard InChI is InChI=1S/C24H18N2O3S/c25-14-17-10-12-19(13-11-17)24(28)29-15-23(27)26-20-8-4-5-9-22(20)30-16-21(26)18-6-2-1-3-7-18/h1-13,21H,15-16H2/t21-/m0/s1.